The number of halogens is 2. The molecule has 0 saturated heterocycles. The Kier molecular flexibility index (Phi) is 7.03. The number of pyridine rings is 2. The number of benzene rings is 3. The first-order valence-electron chi connectivity index (χ1n) is 12.6. The van der Waals surface area contributed by atoms with Gasteiger partial charge < -0.3 is 9.88 Å². The van der Waals surface area contributed by atoms with Crippen molar-refractivity contribution < 1.29 is 4.79 Å². The average molecular weight is 564 g/mol. The number of carbonyl (C=O) groups is 1. The number of nitrogens with zero attached hydrogens (tertiary/aromatic N) is 4. The first-order chi connectivity index (χ1) is 19.5. The van der Waals surface area contributed by atoms with Crippen molar-refractivity contribution in [1.29, 1.82) is 0 Å². The Bertz CT molecular complexity index is 1830. The Morgan fingerprint density at radius 3 is 2.40 bits per heavy atom. The third kappa shape index (κ3) is 5.19. The maximum atomic E-state index is 13.2. The van der Waals surface area contributed by atoms with Gasteiger partial charge in [-0.25, -0.2) is 9.97 Å². The maximum absolute atomic E-state index is 13.2. The van der Waals surface area contributed by atoms with Gasteiger partial charge in [0, 0.05) is 40.6 Å². The minimum atomic E-state index is -0.323. The van der Waals surface area contributed by atoms with Crippen molar-refractivity contribution in [3.8, 4) is 11.1 Å². The smallest absolute Gasteiger partial charge is 0.274 e. The van der Waals surface area contributed by atoms with Crippen LogP contribution in [-0.4, -0.2) is 25.4 Å². The zero-order valence-electron chi connectivity index (χ0n) is 21.4. The van der Waals surface area contributed by atoms with Crippen molar-refractivity contribution in [2.24, 2.45) is 7.05 Å². The Hall–Kier alpha value is -4.52. The fourth-order valence-corrected chi connectivity index (χ4v) is 5.22. The standard InChI is InChI=1S/C32H23Cl2N5O/c1-39-19-36-18-30(39)31(20-7-10-23(33)11-8-20)22-9-12-28-27(15-22)26(21-4-2-5-24(34)14-21)16-29(38-28)32(40)37-25-6-3-13-35-17-25/h2-19,31H,1H3,(H,37,40). The molecule has 0 fully saturated rings. The van der Waals surface area contributed by atoms with E-state index < -0.39 is 0 Å². The van der Waals surface area contributed by atoms with E-state index in [1.165, 1.54) is 0 Å². The van der Waals surface area contributed by atoms with Gasteiger partial charge in [-0.1, -0.05) is 53.5 Å². The molecule has 6 aromatic rings. The number of rotatable bonds is 6. The van der Waals surface area contributed by atoms with E-state index in [4.69, 9.17) is 28.2 Å². The highest BCUT2D eigenvalue weighted by molar-refractivity contribution is 6.31. The monoisotopic (exact) mass is 563 g/mol. The number of hydrogen-bond donors (Lipinski definition) is 1. The average Bonchev–Trinajstić information content (AvgIpc) is 3.39. The molecule has 1 amide bonds. The molecule has 0 aliphatic rings. The van der Waals surface area contributed by atoms with Crippen LogP contribution in [0.15, 0.2) is 110 Å². The highest BCUT2D eigenvalue weighted by Crippen LogP contribution is 2.37. The lowest BCUT2D eigenvalue weighted by atomic mass is 9.87. The van der Waals surface area contributed by atoms with Gasteiger partial charge in [-0.15, -0.1) is 0 Å². The van der Waals surface area contributed by atoms with E-state index >= 15 is 0 Å². The van der Waals surface area contributed by atoms with E-state index in [9.17, 15) is 4.79 Å². The van der Waals surface area contributed by atoms with E-state index in [2.05, 4.69) is 21.4 Å². The van der Waals surface area contributed by atoms with Crippen LogP contribution < -0.4 is 5.32 Å². The highest BCUT2D eigenvalue weighted by atomic mass is 35.5. The fraction of sp³-hybridized carbons (Fsp3) is 0.0625. The SMILES string of the molecule is Cn1cncc1C(c1ccc(Cl)cc1)c1ccc2nc(C(=O)Nc3cccnc3)cc(-c3cccc(Cl)c3)c2c1. The topological polar surface area (TPSA) is 72.7 Å². The minimum Gasteiger partial charge on any atom is -0.337 e. The van der Waals surface area contributed by atoms with Crippen LogP contribution in [0.3, 0.4) is 0 Å². The maximum Gasteiger partial charge on any atom is 0.274 e. The van der Waals surface area contributed by atoms with Crippen molar-refractivity contribution in [3.05, 3.63) is 142 Å². The molecule has 196 valence electrons. The molecule has 0 radical (unpaired) electrons. The summed E-state index contributed by atoms with van der Waals surface area (Å²) in [6.45, 7) is 0. The molecular weight excluding hydrogens is 541 g/mol. The van der Waals surface area contributed by atoms with Crippen molar-refractivity contribution in [2.75, 3.05) is 5.32 Å². The summed E-state index contributed by atoms with van der Waals surface area (Å²) in [5, 5.41) is 5.07. The first-order valence-corrected chi connectivity index (χ1v) is 13.4. The van der Waals surface area contributed by atoms with Gasteiger partial charge in [0.1, 0.15) is 5.69 Å². The number of fused-ring (bicyclic) bond motifs is 1. The van der Waals surface area contributed by atoms with Crippen LogP contribution in [0.1, 0.15) is 33.2 Å². The molecule has 3 aromatic heterocycles. The number of amides is 1. The predicted molar refractivity (Wildman–Crippen MR) is 160 cm³/mol. The van der Waals surface area contributed by atoms with Gasteiger partial charge in [0.2, 0.25) is 0 Å². The van der Waals surface area contributed by atoms with Gasteiger partial charge >= 0.3 is 0 Å². The molecule has 0 aliphatic carbocycles. The third-order valence-corrected chi connectivity index (χ3v) is 7.29. The molecule has 3 aromatic carbocycles. The van der Waals surface area contributed by atoms with Gasteiger partial charge in [-0.05, 0) is 76.9 Å². The van der Waals surface area contributed by atoms with Crippen LogP contribution in [0, 0.1) is 0 Å². The normalized spacial score (nSPS) is 11.9. The van der Waals surface area contributed by atoms with E-state index in [1.54, 1.807) is 30.9 Å². The minimum absolute atomic E-state index is 0.102. The lowest BCUT2D eigenvalue weighted by molar-refractivity contribution is 0.102. The second-order valence-corrected chi connectivity index (χ2v) is 10.3. The molecule has 6 nitrogen and oxygen atoms in total. The molecule has 3 heterocycles. The highest BCUT2D eigenvalue weighted by Gasteiger charge is 2.22. The largest absolute Gasteiger partial charge is 0.337 e. The number of nitrogens with one attached hydrogen (secondary N) is 1. The quantitative estimate of drug-likeness (QED) is 0.224. The summed E-state index contributed by atoms with van der Waals surface area (Å²) in [5.41, 5.74) is 6.48. The lowest BCUT2D eigenvalue weighted by Crippen LogP contribution is -2.14. The Morgan fingerprint density at radius 1 is 0.850 bits per heavy atom. The van der Waals surface area contributed by atoms with Crippen LogP contribution in [-0.2, 0) is 7.05 Å². The van der Waals surface area contributed by atoms with Gasteiger partial charge in [0.25, 0.3) is 5.91 Å². The molecule has 1 N–H and O–H groups in total. The summed E-state index contributed by atoms with van der Waals surface area (Å²) < 4.78 is 2.02. The molecular formula is C32H23Cl2N5O. The van der Waals surface area contributed by atoms with Crippen LogP contribution >= 0.6 is 23.2 Å². The summed E-state index contributed by atoms with van der Waals surface area (Å²) >= 11 is 12.6. The molecule has 6 rings (SSSR count). The second kappa shape index (κ2) is 10.9. The summed E-state index contributed by atoms with van der Waals surface area (Å²) in [4.78, 5) is 26.4. The Balaban J connectivity index is 1.53. The summed E-state index contributed by atoms with van der Waals surface area (Å²) in [6.07, 6.45) is 6.93. The van der Waals surface area contributed by atoms with Crippen LogP contribution in [0.25, 0.3) is 22.0 Å². The molecule has 8 heteroatoms. The molecule has 40 heavy (non-hydrogen) atoms. The zero-order chi connectivity index (χ0) is 27.6. The molecule has 0 spiro atoms. The molecule has 1 atom stereocenters. The van der Waals surface area contributed by atoms with E-state index in [1.807, 2.05) is 84.5 Å². The molecule has 0 aliphatic heterocycles. The van der Waals surface area contributed by atoms with E-state index in [0.717, 1.165) is 33.3 Å². The number of aromatic nitrogens is 4. The van der Waals surface area contributed by atoms with Crippen LogP contribution in [0.4, 0.5) is 5.69 Å². The van der Waals surface area contributed by atoms with Crippen LogP contribution in [0.2, 0.25) is 10.0 Å². The number of carbonyl (C=O) groups excluding carboxylic acids is 1. The van der Waals surface area contributed by atoms with Gasteiger partial charge in [-0.3, -0.25) is 9.78 Å². The fourth-order valence-electron chi connectivity index (χ4n) is 4.90. The first kappa shape index (κ1) is 25.7. The summed E-state index contributed by atoms with van der Waals surface area (Å²) in [7, 11) is 1.98. The third-order valence-electron chi connectivity index (χ3n) is 6.81. The van der Waals surface area contributed by atoms with Gasteiger partial charge in [0.05, 0.1) is 29.6 Å². The Morgan fingerprint density at radius 2 is 1.68 bits per heavy atom. The van der Waals surface area contributed by atoms with Crippen molar-refractivity contribution in [2.45, 2.75) is 5.92 Å². The summed E-state index contributed by atoms with van der Waals surface area (Å²) in [5.74, 6) is -0.425. The molecule has 0 bridgehead atoms. The van der Waals surface area contributed by atoms with Crippen molar-refractivity contribution in [3.63, 3.8) is 0 Å². The summed E-state index contributed by atoms with van der Waals surface area (Å²) in [6, 6.07) is 27.0. The van der Waals surface area contributed by atoms with Crippen LogP contribution in [0.5, 0.6) is 0 Å². The number of hydrogen-bond acceptors (Lipinski definition) is 4. The van der Waals surface area contributed by atoms with Gasteiger partial charge in [-0.2, -0.15) is 0 Å². The second-order valence-electron chi connectivity index (χ2n) is 9.45. The molecule has 1 unspecified atom stereocenters. The molecule has 0 saturated carbocycles. The van der Waals surface area contributed by atoms with E-state index in [0.29, 0.717) is 26.9 Å². The zero-order valence-corrected chi connectivity index (χ0v) is 22.9. The number of imidazole rings is 1. The number of aryl methyl sites for hydroxylation is 1. The Labute approximate surface area is 241 Å². The lowest BCUT2D eigenvalue weighted by Gasteiger charge is -2.20. The van der Waals surface area contributed by atoms with E-state index in [-0.39, 0.29) is 11.8 Å². The van der Waals surface area contributed by atoms with Crippen molar-refractivity contribution in [1.82, 2.24) is 19.5 Å². The predicted octanol–water partition coefficient (Wildman–Crippen LogP) is 7.77. The van der Waals surface area contributed by atoms with Crippen molar-refractivity contribution >= 4 is 45.7 Å². The number of anilines is 1. The van der Waals surface area contributed by atoms with Gasteiger partial charge in [0.15, 0.2) is 0 Å².